The highest BCUT2D eigenvalue weighted by molar-refractivity contribution is 6.04. The van der Waals surface area contributed by atoms with Crippen molar-refractivity contribution in [3.8, 4) is 22.4 Å². The largest absolute Gasteiger partial charge is 0.453 e. The van der Waals surface area contributed by atoms with Gasteiger partial charge >= 0.3 is 12.2 Å². The number of aliphatic imine (C=N–C) groups is 1. The van der Waals surface area contributed by atoms with Gasteiger partial charge in [0.05, 0.1) is 32.2 Å². The zero-order valence-corrected chi connectivity index (χ0v) is 36.2. The number of allylic oxidation sites excluding steroid dienone is 1. The first-order valence-electron chi connectivity index (χ1n) is 22.1. The Morgan fingerprint density at radius 3 is 2.17 bits per heavy atom. The number of likely N-dealkylation sites (tertiary alicyclic amines) is 1. The molecule has 1 unspecified atom stereocenters. The maximum atomic E-state index is 14.0. The Balaban J connectivity index is 0.858. The highest BCUT2D eigenvalue weighted by Crippen LogP contribution is 2.55. The molecule has 2 aliphatic carbocycles. The minimum absolute atomic E-state index is 0.0397. The zero-order valence-electron chi connectivity index (χ0n) is 36.2. The second kappa shape index (κ2) is 17.3. The van der Waals surface area contributed by atoms with Gasteiger partial charge < -0.3 is 30.0 Å². The summed E-state index contributed by atoms with van der Waals surface area (Å²) in [6.45, 7) is 4.58. The van der Waals surface area contributed by atoms with Crippen molar-refractivity contribution in [1.82, 2.24) is 25.5 Å². The molecule has 324 valence electrons. The van der Waals surface area contributed by atoms with Crippen LogP contribution in [0.1, 0.15) is 87.7 Å². The minimum Gasteiger partial charge on any atom is -0.453 e. The fourth-order valence-electron chi connectivity index (χ4n) is 9.95. The Hall–Kier alpha value is -6.56. The second-order valence-electron chi connectivity index (χ2n) is 18.1. The number of benzene rings is 4. The number of imidazole rings is 1. The van der Waals surface area contributed by atoms with Crippen LogP contribution in [0, 0.1) is 17.3 Å². The molecule has 0 radical (unpaired) electrons. The van der Waals surface area contributed by atoms with Crippen molar-refractivity contribution in [2.75, 3.05) is 20.8 Å². The summed E-state index contributed by atoms with van der Waals surface area (Å²) in [5.41, 5.74) is 8.25. The first-order valence-corrected chi connectivity index (χ1v) is 22.1. The monoisotopic (exact) mass is 846 g/mol. The van der Waals surface area contributed by atoms with Gasteiger partial charge in [-0.05, 0) is 94.2 Å². The van der Waals surface area contributed by atoms with Crippen molar-refractivity contribution in [1.29, 1.82) is 0 Å². The molecule has 5 aromatic rings. The number of aromatic amines is 1. The van der Waals surface area contributed by atoms with Crippen LogP contribution in [0.25, 0.3) is 38.7 Å². The van der Waals surface area contributed by atoms with Crippen LogP contribution < -0.4 is 10.6 Å². The number of alkyl carbamates (subject to hydrolysis) is 2. The molecule has 1 spiro atoms. The summed E-state index contributed by atoms with van der Waals surface area (Å²) < 4.78 is 9.70. The fourth-order valence-corrected chi connectivity index (χ4v) is 9.95. The number of carbonyl (C=O) groups is 4. The Morgan fingerprint density at radius 2 is 1.48 bits per heavy atom. The van der Waals surface area contributed by atoms with Crippen LogP contribution in [0.2, 0.25) is 0 Å². The van der Waals surface area contributed by atoms with Crippen LogP contribution in [0.5, 0.6) is 0 Å². The lowest BCUT2D eigenvalue weighted by atomic mass is 9.85. The van der Waals surface area contributed by atoms with Crippen LogP contribution in [0.4, 0.5) is 9.59 Å². The van der Waals surface area contributed by atoms with E-state index in [-0.39, 0.29) is 40.9 Å². The number of amides is 3. The van der Waals surface area contributed by atoms with Gasteiger partial charge in [-0.15, -0.1) is 0 Å². The van der Waals surface area contributed by atoms with Crippen molar-refractivity contribution in [2.24, 2.45) is 22.2 Å². The molecule has 3 N–H and O–H groups in total. The molecule has 1 aromatic heterocycles. The number of methoxy groups -OCH3 is 2. The average Bonchev–Trinajstić information content (AvgIpc) is 3.85. The van der Waals surface area contributed by atoms with Gasteiger partial charge in [-0.1, -0.05) is 99.1 Å². The molecular formula is C51H54N6O6. The third-order valence-electron chi connectivity index (χ3n) is 13.7. The maximum absolute atomic E-state index is 14.0. The van der Waals surface area contributed by atoms with Crippen molar-refractivity contribution in [3.05, 3.63) is 120 Å². The van der Waals surface area contributed by atoms with E-state index in [0.717, 1.165) is 99.9 Å². The van der Waals surface area contributed by atoms with Crippen molar-refractivity contribution in [3.63, 3.8) is 0 Å². The summed E-state index contributed by atoms with van der Waals surface area (Å²) >= 11 is 0. The Morgan fingerprint density at radius 1 is 0.810 bits per heavy atom. The predicted octanol–water partition coefficient (Wildman–Crippen LogP) is 9.39. The topological polar surface area (TPSA) is 155 Å². The van der Waals surface area contributed by atoms with Crippen LogP contribution in [-0.4, -0.2) is 77.3 Å². The van der Waals surface area contributed by atoms with E-state index in [1.165, 1.54) is 14.2 Å². The fraction of sp³-hybridized carbons (Fsp3) is 0.373. The lowest BCUT2D eigenvalue weighted by molar-refractivity contribution is -0.134. The van der Waals surface area contributed by atoms with Gasteiger partial charge in [0.1, 0.15) is 17.9 Å². The van der Waals surface area contributed by atoms with E-state index in [9.17, 15) is 19.2 Å². The van der Waals surface area contributed by atoms with E-state index in [4.69, 9.17) is 19.5 Å². The Labute approximate surface area is 367 Å². The van der Waals surface area contributed by atoms with Crippen LogP contribution in [0.15, 0.2) is 108 Å². The van der Waals surface area contributed by atoms with E-state index in [1.54, 1.807) is 0 Å². The summed E-state index contributed by atoms with van der Waals surface area (Å²) in [5, 5.41) is 7.76. The lowest BCUT2D eigenvalue weighted by Gasteiger charge is -2.31. The van der Waals surface area contributed by atoms with Crippen molar-refractivity contribution in [2.45, 2.75) is 82.8 Å². The number of hydrogen-bond acceptors (Lipinski definition) is 8. The second-order valence-corrected chi connectivity index (χ2v) is 18.1. The molecule has 0 bridgehead atoms. The SMILES string of the molecule is COC(=O)N[C@H](C(=O)N1CC2(CC2)C[C@H]1C1=NC=C(c2ccc(-c3ccc4cc(-c5cnc([C@@H]6CCCC6C(=O)[C@H](NC(=O)OC)c6ccccc6)[nH]5)ccc4c3)cc2)C1)C(C)C. The first kappa shape index (κ1) is 41.8. The third kappa shape index (κ3) is 8.50. The van der Waals surface area contributed by atoms with Gasteiger partial charge in [-0.25, -0.2) is 14.6 Å². The number of hydrogen-bond donors (Lipinski definition) is 3. The highest BCUT2D eigenvalue weighted by Gasteiger charge is 2.55. The molecular weight excluding hydrogens is 793 g/mol. The number of ether oxygens (including phenoxy) is 2. The van der Waals surface area contributed by atoms with Crippen molar-refractivity contribution >= 4 is 45.9 Å². The summed E-state index contributed by atoms with van der Waals surface area (Å²) in [4.78, 5) is 67.6. The molecule has 9 rings (SSSR count). The molecule has 3 heterocycles. The molecule has 3 amide bonds. The highest BCUT2D eigenvalue weighted by atomic mass is 16.5. The first-order chi connectivity index (χ1) is 30.5. The zero-order chi connectivity index (χ0) is 43.8. The summed E-state index contributed by atoms with van der Waals surface area (Å²) in [7, 11) is 2.62. The van der Waals surface area contributed by atoms with Gasteiger partial charge in [0, 0.05) is 42.3 Å². The van der Waals surface area contributed by atoms with Gasteiger partial charge in [0.15, 0.2) is 5.78 Å². The molecule has 4 aliphatic rings. The Kier molecular flexibility index (Phi) is 11.5. The molecule has 12 nitrogen and oxygen atoms in total. The smallest absolute Gasteiger partial charge is 0.407 e. The number of fused-ring (bicyclic) bond motifs is 1. The molecule has 12 heteroatoms. The number of ketones is 1. The van der Waals surface area contributed by atoms with Gasteiger partial charge in [0.25, 0.3) is 0 Å². The molecule has 4 aromatic carbocycles. The van der Waals surface area contributed by atoms with Crippen LogP contribution >= 0.6 is 0 Å². The molecule has 3 fully saturated rings. The van der Waals surface area contributed by atoms with E-state index in [0.29, 0.717) is 13.0 Å². The standard InChI is InChI=1S/C51H54N6O6/c1-30(2)44(55-49(60)62-3)48(59)57-29-51(21-22-51)26-43(57)41-25-38(27-52-41)32-15-13-31(14-16-32)34-17-18-36-24-37(20-19-35(36)23-34)42-28-53-47(54-42)40-12-8-11-39(40)46(58)45(56-50(61)63-4)33-9-6-5-7-10-33/h5-7,9-10,13-20,23-24,27-28,30,39-40,43-45H,8,11-12,21-22,25-26,29H2,1-4H3,(H,53,54)(H,55,60)(H,56,61)/t39?,40-,43+,44+,45-/m1/s1. The molecule has 63 heavy (non-hydrogen) atoms. The average molecular weight is 847 g/mol. The van der Waals surface area contributed by atoms with E-state index < -0.39 is 24.3 Å². The number of carbonyl (C=O) groups excluding carboxylic acids is 4. The Bertz CT molecular complexity index is 2610. The summed E-state index contributed by atoms with van der Waals surface area (Å²) in [5.74, 6) is 0.204. The van der Waals surface area contributed by atoms with Crippen molar-refractivity contribution < 1.29 is 28.7 Å². The van der Waals surface area contributed by atoms with Gasteiger partial charge in [-0.3, -0.25) is 14.6 Å². The maximum Gasteiger partial charge on any atom is 0.407 e. The van der Waals surface area contributed by atoms with E-state index >= 15 is 0 Å². The van der Waals surface area contributed by atoms with Gasteiger partial charge in [0.2, 0.25) is 5.91 Å². The van der Waals surface area contributed by atoms with Crippen LogP contribution in [0.3, 0.4) is 0 Å². The molecule has 1 saturated heterocycles. The molecule has 5 atom stereocenters. The van der Waals surface area contributed by atoms with Gasteiger partial charge in [-0.2, -0.15) is 0 Å². The van der Waals surface area contributed by atoms with E-state index in [2.05, 4.69) is 76.3 Å². The number of nitrogens with zero attached hydrogens (tertiary/aromatic N) is 3. The number of H-pyrrole nitrogens is 1. The molecule has 2 saturated carbocycles. The summed E-state index contributed by atoms with van der Waals surface area (Å²) in [6, 6.07) is 29.3. The van der Waals surface area contributed by atoms with Crippen LogP contribution in [-0.2, 0) is 19.1 Å². The normalized spacial score (nSPS) is 20.9. The number of aromatic nitrogens is 2. The predicted molar refractivity (Wildman–Crippen MR) is 243 cm³/mol. The lowest BCUT2D eigenvalue weighted by Crippen LogP contribution is -2.53. The quantitative estimate of drug-likeness (QED) is 0.113. The number of nitrogens with one attached hydrogen (secondary N) is 3. The van der Waals surface area contributed by atoms with E-state index in [1.807, 2.05) is 61.5 Å². The minimum atomic E-state index is -0.805. The third-order valence-corrected chi connectivity index (χ3v) is 13.7. The molecule has 2 aliphatic heterocycles. The number of Topliss-reactive ketones (excluding diaryl/α,β-unsaturated/α-hetero) is 1. The summed E-state index contributed by atoms with van der Waals surface area (Å²) in [6.07, 6.45) is 8.83. The number of rotatable bonds is 12.